The monoisotopic (exact) mass is 223 g/mol. The Kier molecular flexibility index (Phi) is 1.53. The lowest BCUT2D eigenvalue weighted by molar-refractivity contribution is -0.0944. The molecule has 0 aromatic heterocycles. The minimum absolute atomic E-state index is 0.0278. The SMILES string of the molecule is CC1=NN(C(N)=O)[C@]2(O)C[C@H]3[C@@H]([C@H]12)C3(C)C. The number of rotatable bonds is 0. The number of carbonyl (C=O) groups excluding carboxylic acids is 1. The van der Waals surface area contributed by atoms with Crippen LogP contribution in [0.4, 0.5) is 4.79 Å². The summed E-state index contributed by atoms with van der Waals surface area (Å²) in [7, 11) is 0. The molecule has 2 amide bonds. The first-order valence-corrected chi connectivity index (χ1v) is 5.67. The Balaban J connectivity index is 1.99. The fourth-order valence-corrected chi connectivity index (χ4v) is 3.94. The van der Waals surface area contributed by atoms with Gasteiger partial charge in [0.1, 0.15) is 0 Å². The number of nitrogens with two attached hydrogens (primary N) is 1. The van der Waals surface area contributed by atoms with Crippen LogP contribution in [0, 0.1) is 23.2 Å². The Hall–Kier alpha value is -1.10. The highest BCUT2D eigenvalue weighted by Gasteiger charge is 2.75. The zero-order valence-electron chi connectivity index (χ0n) is 9.77. The Morgan fingerprint density at radius 1 is 1.62 bits per heavy atom. The molecule has 2 fully saturated rings. The second-order valence-electron chi connectivity index (χ2n) is 5.91. The quantitative estimate of drug-likeness (QED) is 0.635. The predicted octanol–water partition coefficient (Wildman–Crippen LogP) is 0.737. The fraction of sp³-hybridized carbons (Fsp3) is 0.818. The van der Waals surface area contributed by atoms with Crippen LogP contribution in [-0.2, 0) is 0 Å². The van der Waals surface area contributed by atoms with Crippen molar-refractivity contribution in [1.29, 1.82) is 0 Å². The first kappa shape index (κ1) is 10.1. The summed E-state index contributed by atoms with van der Waals surface area (Å²) >= 11 is 0. The van der Waals surface area contributed by atoms with Crippen molar-refractivity contribution in [2.45, 2.75) is 32.9 Å². The van der Waals surface area contributed by atoms with Crippen molar-refractivity contribution < 1.29 is 9.90 Å². The highest BCUT2D eigenvalue weighted by molar-refractivity contribution is 5.91. The normalized spacial score (nSPS) is 47.4. The molecule has 16 heavy (non-hydrogen) atoms. The van der Waals surface area contributed by atoms with Gasteiger partial charge in [-0.2, -0.15) is 10.1 Å². The molecule has 0 unspecified atom stereocenters. The van der Waals surface area contributed by atoms with Crippen molar-refractivity contribution >= 4 is 11.7 Å². The lowest BCUT2D eigenvalue weighted by Gasteiger charge is -2.34. The van der Waals surface area contributed by atoms with E-state index in [1.54, 1.807) is 0 Å². The van der Waals surface area contributed by atoms with Gasteiger partial charge in [-0.15, -0.1) is 0 Å². The molecule has 3 aliphatic rings. The molecule has 1 heterocycles. The number of carbonyl (C=O) groups is 1. The van der Waals surface area contributed by atoms with Gasteiger partial charge in [0.05, 0.1) is 5.92 Å². The van der Waals surface area contributed by atoms with E-state index in [-0.39, 0.29) is 11.3 Å². The van der Waals surface area contributed by atoms with Crippen LogP contribution in [0.15, 0.2) is 5.10 Å². The van der Waals surface area contributed by atoms with Crippen molar-refractivity contribution in [3.05, 3.63) is 0 Å². The largest absolute Gasteiger partial charge is 0.368 e. The molecular weight excluding hydrogens is 206 g/mol. The van der Waals surface area contributed by atoms with Gasteiger partial charge in [0.2, 0.25) is 0 Å². The number of urea groups is 1. The molecule has 0 saturated heterocycles. The molecule has 1 aliphatic heterocycles. The van der Waals surface area contributed by atoms with E-state index < -0.39 is 11.8 Å². The minimum atomic E-state index is -1.15. The van der Waals surface area contributed by atoms with E-state index in [0.29, 0.717) is 18.3 Å². The Bertz CT molecular complexity index is 417. The summed E-state index contributed by atoms with van der Waals surface area (Å²) in [5, 5.41) is 15.8. The average molecular weight is 223 g/mol. The number of primary amides is 1. The van der Waals surface area contributed by atoms with E-state index in [4.69, 9.17) is 5.73 Å². The molecule has 0 bridgehead atoms. The number of hydrogen-bond donors (Lipinski definition) is 2. The van der Waals surface area contributed by atoms with Gasteiger partial charge in [-0.05, 0) is 24.2 Å². The van der Waals surface area contributed by atoms with Crippen LogP contribution in [0.2, 0.25) is 0 Å². The summed E-state index contributed by atoms with van der Waals surface area (Å²) in [4.78, 5) is 11.3. The topological polar surface area (TPSA) is 78.9 Å². The maximum absolute atomic E-state index is 11.3. The summed E-state index contributed by atoms with van der Waals surface area (Å²) < 4.78 is 0. The number of nitrogens with zero attached hydrogens (tertiary/aromatic N) is 2. The van der Waals surface area contributed by atoms with Gasteiger partial charge in [-0.3, -0.25) is 0 Å². The van der Waals surface area contributed by atoms with Crippen molar-refractivity contribution in [2.75, 3.05) is 0 Å². The first-order valence-electron chi connectivity index (χ1n) is 5.67. The molecule has 4 atom stereocenters. The standard InChI is InChI=1S/C11H17N3O2/c1-5-7-8-6(10(8,2)3)4-11(7,16)14(13-5)9(12)15/h6-8,16H,4H2,1-3H3,(H2,12,15)/t6-,7-,8-,11-/m0/s1. The molecule has 88 valence electrons. The van der Waals surface area contributed by atoms with Crippen molar-refractivity contribution in [3.8, 4) is 0 Å². The second kappa shape index (κ2) is 2.42. The fourth-order valence-electron chi connectivity index (χ4n) is 3.94. The smallest absolute Gasteiger partial charge is 0.337 e. The molecule has 2 aliphatic carbocycles. The molecule has 5 nitrogen and oxygen atoms in total. The summed E-state index contributed by atoms with van der Waals surface area (Å²) in [5.74, 6) is 0.889. The number of hydrazone groups is 1. The Labute approximate surface area is 94.3 Å². The highest BCUT2D eigenvalue weighted by atomic mass is 16.3. The maximum atomic E-state index is 11.3. The van der Waals surface area contributed by atoms with Gasteiger partial charge in [0, 0.05) is 12.1 Å². The van der Waals surface area contributed by atoms with Gasteiger partial charge in [0.25, 0.3) is 0 Å². The van der Waals surface area contributed by atoms with Gasteiger partial charge >= 0.3 is 6.03 Å². The molecule has 0 radical (unpaired) electrons. The number of fused-ring (bicyclic) bond motifs is 3. The van der Waals surface area contributed by atoms with E-state index in [9.17, 15) is 9.90 Å². The molecule has 3 N–H and O–H groups in total. The van der Waals surface area contributed by atoms with Gasteiger partial charge < -0.3 is 10.8 Å². The summed E-state index contributed by atoms with van der Waals surface area (Å²) in [6, 6.07) is -0.663. The third-order valence-electron chi connectivity index (χ3n) is 4.80. The van der Waals surface area contributed by atoms with Gasteiger partial charge in [-0.25, -0.2) is 4.79 Å². The summed E-state index contributed by atoms with van der Waals surface area (Å²) in [5.41, 5.74) is 5.19. The lowest BCUT2D eigenvalue weighted by Crippen LogP contribution is -2.52. The average Bonchev–Trinajstić information content (AvgIpc) is 2.51. The van der Waals surface area contributed by atoms with Crippen molar-refractivity contribution in [1.82, 2.24) is 5.01 Å². The van der Waals surface area contributed by atoms with Crippen LogP contribution in [-0.4, -0.2) is 27.6 Å². The van der Waals surface area contributed by atoms with Crippen LogP contribution in [0.5, 0.6) is 0 Å². The maximum Gasteiger partial charge on any atom is 0.337 e. The van der Waals surface area contributed by atoms with Crippen LogP contribution >= 0.6 is 0 Å². The molecule has 2 saturated carbocycles. The number of amides is 2. The Morgan fingerprint density at radius 2 is 2.25 bits per heavy atom. The first-order chi connectivity index (χ1) is 7.30. The Morgan fingerprint density at radius 3 is 2.81 bits per heavy atom. The second-order valence-corrected chi connectivity index (χ2v) is 5.91. The molecule has 0 aromatic rings. The summed E-state index contributed by atoms with van der Waals surface area (Å²) in [6.07, 6.45) is 0.596. The van der Waals surface area contributed by atoms with E-state index in [2.05, 4.69) is 18.9 Å². The molecule has 5 heteroatoms. The lowest BCUT2D eigenvalue weighted by atomic mass is 9.84. The third-order valence-corrected chi connectivity index (χ3v) is 4.80. The van der Waals surface area contributed by atoms with Crippen LogP contribution in [0.1, 0.15) is 27.2 Å². The molecule has 0 aromatic carbocycles. The predicted molar refractivity (Wildman–Crippen MR) is 58.3 cm³/mol. The zero-order chi connectivity index (χ0) is 11.9. The number of aliphatic hydroxyl groups is 1. The van der Waals surface area contributed by atoms with Crippen LogP contribution < -0.4 is 5.73 Å². The van der Waals surface area contributed by atoms with Gasteiger partial charge in [0.15, 0.2) is 5.72 Å². The van der Waals surface area contributed by atoms with Crippen molar-refractivity contribution in [3.63, 3.8) is 0 Å². The highest BCUT2D eigenvalue weighted by Crippen LogP contribution is 2.73. The van der Waals surface area contributed by atoms with Gasteiger partial charge in [-0.1, -0.05) is 13.8 Å². The zero-order valence-corrected chi connectivity index (χ0v) is 9.77. The minimum Gasteiger partial charge on any atom is -0.368 e. The van der Waals surface area contributed by atoms with E-state index in [1.165, 1.54) is 0 Å². The van der Waals surface area contributed by atoms with Crippen molar-refractivity contribution in [2.24, 2.45) is 34.0 Å². The summed E-state index contributed by atoms with van der Waals surface area (Å²) in [6.45, 7) is 6.29. The third kappa shape index (κ3) is 0.867. The van der Waals surface area contributed by atoms with E-state index in [1.807, 2.05) is 6.92 Å². The number of hydrogen-bond acceptors (Lipinski definition) is 3. The van der Waals surface area contributed by atoms with E-state index in [0.717, 1.165) is 10.7 Å². The molecular formula is C11H17N3O2. The molecule has 3 rings (SSSR count). The van der Waals surface area contributed by atoms with Crippen LogP contribution in [0.3, 0.4) is 0 Å². The van der Waals surface area contributed by atoms with Crippen LogP contribution in [0.25, 0.3) is 0 Å². The molecule has 0 spiro atoms. The van der Waals surface area contributed by atoms with E-state index >= 15 is 0 Å².